The molecule has 5 nitrogen and oxygen atoms in total. The molecule has 1 aliphatic rings. The molecule has 1 heterocycles. The summed E-state index contributed by atoms with van der Waals surface area (Å²) < 4.78 is 26.7. The molecule has 1 aromatic carbocycles. The van der Waals surface area contributed by atoms with Gasteiger partial charge in [-0.05, 0) is 55.0 Å². The van der Waals surface area contributed by atoms with Gasteiger partial charge in [-0.15, -0.1) is 0 Å². The maximum absolute atomic E-state index is 11.9. The predicted molar refractivity (Wildman–Crippen MR) is 92.7 cm³/mol. The van der Waals surface area contributed by atoms with Crippen molar-refractivity contribution in [2.45, 2.75) is 32.2 Å². The highest BCUT2D eigenvalue weighted by Gasteiger charge is 2.26. The van der Waals surface area contributed by atoms with Gasteiger partial charge >= 0.3 is 0 Å². The second-order valence-corrected chi connectivity index (χ2v) is 7.95. The second kappa shape index (κ2) is 6.71. The number of sulfonamides is 1. The molecule has 3 rings (SSSR count). The molecule has 0 spiro atoms. The Kier molecular flexibility index (Phi) is 4.65. The Hall–Kier alpha value is -2.23. The van der Waals surface area contributed by atoms with Crippen LogP contribution in [0, 0.1) is 11.3 Å². The van der Waals surface area contributed by atoms with Crippen LogP contribution >= 0.6 is 0 Å². The fourth-order valence-corrected chi connectivity index (χ4v) is 3.96. The average Bonchev–Trinajstić information content (AvgIpc) is 2.61. The van der Waals surface area contributed by atoms with E-state index in [0.29, 0.717) is 5.56 Å². The zero-order chi connectivity index (χ0) is 17.2. The van der Waals surface area contributed by atoms with Crippen molar-refractivity contribution in [2.24, 2.45) is 0 Å². The fourth-order valence-electron chi connectivity index (χ4n) is 3.12. The Labute approximate surface area is 142 Å². The fraction of sp³-hybridized carbons (Fsp3) is 0.333. The van der Waals surface area contributed by atoms with E-state index in [0.717, 1.165) is 41.5 Å². The van der Waals surface area contributed by atoms with Gasteiger partial charge in [0.1, 0.15) is 0 Å². The molecule has 6 heteroatoms. The Morgan fingerprint density at radius 1 is 1.29 bits per heavy atom. The summed E-state index contributed by atoms with van der Waals surface area (Å²) >= 11 is 0. The van der Waals surface area contributed by atoms with Crippen molar-refractivity contribution in [3.05, 3.63) is 53.3 Å². The third-order valence-corrected chi connectivity index (χ3v) is 5.82. The van der Waals surface area contributed by atoms with Crippen LogP contribution in [-0.4, -0.2) is 19.2 Å². The van der Waals surface area contributed by atoms with Gasteiger partial charge in [0.05, 0.1) is 17.4 Å². The smallest absolute Gasteiger partial charge is 0.211 e. The second-order valence-electron chi connectivity index (χ2n) is 5.91. The molecule has 0 saturated carbocycles. The van der Waals surface area contributed by atoms with Crippen LogP contribution in [0.4, 0.5) is 0 Å². The predicted octanol–water partition coefficient (Wildman–Crippen LogP) is 2.94. The number of nitriles is 1. The quantitative estimate of drug-likeness (QED) is 0.927. The first-order chi connectivity index (χ1) is 11.5. The zero-order valence-corrected chi connectivity index (χ0v) is 14.3. The summed E-state index contributed by atoms with van der Waals surface area (Å²) in [4.78, 5) is 4.32. The Bertz CT molecular complexity index is 883. The maximum Gasteiger partial charge on any atom is 0.211 e. The summed E-state index contributed by atoms with van der Waals surface area (Å²) in [5.74, 6) is 0.0710. The summed E-state index contributed by atoms with van der Waals surface area (Å²) in [5, 5.41) is 8.93. The van der Waals surface area contributed by atoms with Gasteiger partial charge in [-0.25, -0.2) is 13.1 Å². The summed E-state index contributed by atoms with van der Waals surface area (Å²) in [6.07, 6.45) is 6.20. The summed E-state index contributed by atoms with van der Waals surface area (Å²) in [6, 6.07) is 9.29. The van der Waals surface area contributed by atoms with Crippen LogP contribution in [-0.2, 0) is 16.4 Å². The van der Waals surface area contributed by atoms with Crippen LogP contribution < -0.4 is 4.72 Å². The first kappa shape index (κ1) is 16.6. The minimum Gasteiger partial charge on any atom is -0.264 e. The SMILES string of the molecule is CCS(=O)(=O)NC1CCCc2c(-c3ccc(C#N)cc3)cncc21. The van der Waals surface area contributed by atoms with Crippen LogP contribution in [0.3, 0.4) is 0 Å². The molecule has 24 heavy (non-hydrogen) atoms. The van der Waals surface area contributed by atoms with E-state index in [1.807, 2.05) is 18.3 Å². The van der Waals surface area contributed by atoms with Crippen molar-refractivity contribution in [3.8, 4) is 17.2 Å². The molecule has 0 radical (unpaired) electrons. The van der Waals surface area contributed by atoms with Crippen molar-refractivity contribution >= 4 is 10.0 Å². The topological polar surface area (TPSA) is 82.9 Å². The van der Waals surface area contributed by atoms with Gasteiger partial charge in [0.15, 0.2) is 0 Å². The number of fused-ring (bicyclic) bond motifs is 1. The molecule has 0 saturated heterocycles. The van der Waals surface area contributed by atoms with Gasteiger partial charge in [-0.2, -0.15) is 5.26 Å². The Morgan fingerprint density at radius 3 is 2.71 bits per heavy atom. The highest BCUT2D eigenvalue weighted by molar-refractivity contribution is 7.89. The largest absolute Gasteiger partial charge is 0.264 e. The van der Waals surface area contributed by atoms with Gasteiger partial charge < -0.3 is 0 Å². The number of rotatable bonds is 4. The number of pyridine rings is 1. The van der Waals surface area contributed by atoms with Crippen molar-refractivity contribution < 1.29 is 8.42 Å². The van der Waals surface area contributed by atoms with Gasteiger partial charge in [-0.3, -0.25) is 4.98 Å². The van der Waals surface area contributed by atoms with E-state index in [9.17, 15) is 8.42 Å². The number of aromatic nitrogens is 1. The molecule has 1 aliphatic carbocycles. The first-order valence-electron chi connectivity index (χ1n) is 8.01. The molecule has 0 fully saturated rings. The molecule has 2 aromatic rings. The molecule has 0 bridgehead atoms. The number of hydrogen-bond acceptors (Lipinski definition) is 4. The van der Waals surface area contributed by atoms with Crippen LogP contribution in [0.5, 0.6) is 0 Å². The third-order valence-electron chi connectivity index (χ3n) is 4.41. The lowest BCUT2D eigenvalue weighted by atomic mass is 9.85. The molecule has 1 atom stereocenters. The van der Waals surface area contributed by atoms with Crippen molar-refractivity contribution in [3.63, 3.8) is 0 Å². The van der Waals surface area contributed by atoms with Crippen molar-refractivity contribution in [1.82, 2.24) is 9.71 Å². The van der Waals surface area contributed by atoms with E-state index in [4.69, 9.17) is 5.26 Å². The standard InChI is InChI=1S/C18H19N3O2S/c1-2-24(22,23)21-18-5-3-4-15-16(11-20-12-17(15)18)14-8-6-13(10-19)7-9-14/h6-9,11-12,18,21H,2-5H2,1H3. The molecular formula is C18H19N3O2S. The number of nitrogens with one attached hydrogen (secondary N) is 1. The van der Waals surface area contributed by atoms with Gasteiger partial charge in [0, 0.05) is 24.0 Å². The minimum atomic E-state index is -3.26. The lowest BCUT2D eigenvalue weighted by molar-refractivity contribution is 0.507. The number of benzene rings is 1. The van der Waals surface area contributed by atoms with Gasteiger partial charge in [0.2, 0.25) is 10.0 Å². The molecule has 0 amide bonds. The van der Waals surface area contributed by atoms with E-state index >= 15 is 0 Å². The van der Waals surface area contributed by atoms with E-state index in [-0.39, 0.29) is 11.8 Å². The Morgan fingerprint density at radius 2 is 2.04 bits per heavy atom. The highest BCUT2D eigenvalue weighted by Crippen LogP contribution is 2.35. The maximum atomic E-state index is 11.9. The van der Waals surface area contributed by atoms with Crippen LogP contribution in [0.15, 0.2) is 36.7 Å². The lowest BCUT2D eigenvalue weighted by Gasteiger charge is -2.27. The Balaban J connectivity index is 2.01. The number of hydrogen-bond donors (Lipinski definition) is 1. The van der Waals surface area contributed by atoms with Crippen molar-refractivity contribution in [1.29, 1.82) is 5.26 Å². The third kappa shape index (κ3) is 3.32. The van der Waals surface area contributed by atoms with Crippen LogP contribution in [0.1, 0.15) is 42.5 Å². The average molecular weight is 341 g/mol. The monoisotopic (exact) mass is 341 g/mol. The molecule has 1 N–H and O–H groups in total. The highest BCUT2D eigenvalue weighted by atomic mass is 32.2. The first-order valence-corrected chi connectivity index (χ1v) is 9.66. The lowest BCUT2D eigenvalue weighted by Crippen LogP contribution is -2.32. The summed E-state index contributed by atoms with van der Waals surface area (Å²) in [5.41, 5.74) is 4.73. The van der Waals surface area contributed by atoms with Crippen molar-refractivity contribution in [2.75, 3.05) is 5.75 Å². The van der Waals surface area contributed by atoms with E-state index in [2.05, 4.69) is 15.8 Å². The van der Waals surface area contributed by atoms with E-state index < -0.39 is 10.0 Å². The van der Waals surface area contributed by atoms with Gasteiger partial charge in [0.25, 0.3) is 0 Å². The molecule has 124 valence electrons. The van der Waals surface area contributed by atoms with E-state index in [1.165, 1.54) is 0 Å². The van der Waals surface area contributed by atoms with Crippen LogP contribution in [0.25, 0.3) is 11.1 Å². The minimum absolute atomic E-state index is 0.0710. The van der Waals surface area contributed by atoms with Gasteiger partial charge in [-0.1, -0.05) is 12.1 Å². The number of nitrogens with zero attached hydrogens (tertiary/aromatic N) is 2. The zero-order valence-electron chi connectivity index (χ0n) is 13.5. The molecule has 0 aliphatic heterocycles. The normalized spacial score (nSPS) is 17.1. The molecule has 1 aromatic heterocycles. The van der Waals surface area contributed by atoms with E-state index in [1.54, 1.807) is 25.3 Å². The summed E-state index contributed by atoms with van der Waals surface area (Å²) in [7, 11) is -3.26. The molecular weight excluding hydrogens is 322 g/mol. The van der Waals surface area contributed by atoms with Crippen LogP contribution in [0.2, 0.25) is 0 Å². The summed E-state index contributed by atoms with van der Waals surface area (Å²) in [6.45, 7) is 1.64. The molecule has 1 unspecified atom stereocenters.